The number of rotatable bonds is 3. The molecule has 0 saturated carbocycles. The van der Waals surface area contributed by atoms with Crippen molar-refractivity contribution in [1.82, 2.24) is 4.90 Å². The van der Waals surface area contributed by atoms with Crippen molar-refractivity contribution in [3.05, 3.63) is 0 Å². The van der Waals surface area contributed by atoms with E-state index in [4.69, 9.17) is 5.11 Å². The van der Waals surface area contributed by atoms with E-state index in [9.17, 15) is 4.79 Å². The number of likely N-dealkylation sites (tertiary alicyclic amines) is 1. The number of aliphatic hydroxyl groups is 1. The topological polar surface area (TPSA) is 40.5 Å². The second-order valence-electron chi connectivity index (χ2n) is 3.85. The zero-order valence-corrected chi connectivity index (χ0v) is 8.49. The molecule has 0 bridgehead atoms. The molecule has 1 aliphatic heterocycles. The van der Waals surface area contributed by atoms with Crippen LogP contribution in [-0.4, -0.2) is 35.1 Å². The van der Waals surface area contributed by atoms with Crippen molar-refractivity contribution in [2.45, 2.75) is 39.2 Å². The Labute approximate surface area is 79.7 Å². The number of hydrogen-bond acceptors (Lipinski definition) is 2. The minimum atomic E-state index is 0.0686. The molecule has 3 nitrogen and oxygen atoms in total. The van der Waals surface area contributed by atoms with Crippen molar-refractivity contribution in [2.75, 3.05) is 13.2 Å². The van der Waals surface area contributed by atoms with Crippen molar-refractivity contribution in [1.29, 1.82) is 0 Å². The Morgan fingerprint density at radius 1 is 1.62 bits per heavy atom. The normalized spacial score (nSPS) is 28.1. The summed E-state index contributed by atoms with van der Waals surface area (Å²) in [5.74, 6) is 0.650. The van der Waals surface area contributed by atoms with E-state index in [2.05, 4.69) is 6.92 Å². The van der Waals surface area contributed by atoms with Gasteiger partial charge in [-0.05, 0) is 18.8 Å². The van der Waals surface area contributed by atoms with Crippen molar-refractivity contribution in [3.8, 4) is 0 Å². The van der Waals surface area contributed by atoms with Crippen LogP contribution >= 0.6 is 0 Å². The lowest BCUT2D eigenvalue weighted by atomic mass is 10.0. The maximum atomic E-state index is 11.6. The van der Waals surface area contributed by atoms with Crippen LogP contribution in [0.1, 0.15) is 33.1 Å². The Bertz CT molecular complexity index is 182. The van der Waals surface area contributed by atoms with Gasteiger partial charge in [0.15, 0.2) is 0 Å². The lowest BCUT2D eigenvalue weighted by molar-refractivity contribution is -0.133. The molecule has 0 spiro atoms. The standard InChI is InChI=1S/C10H19NO2/c1-3-4-10(13)11-6-5-8(2)9(11)7-12/h8-9,12H,3-7H2,1-2H3. The van der Waals surface area contributed by atoms with Gasteiger partial charge in [0.25, 0.3) is 0 Å². The number of hydrogen-bond donors (Lipinski definition) is 1. The van der Waals surface area contributed by atoms with E-state index in [-0.39, 0.29) is 18.6 Å². The SMILES string of the molecule is CCCC(=O)N1CCC(C)C1CO. The molecule has 0 aromatic heterocycles. The number of aliphatic hydroxyl groups excluding tert-OH is 1. The minimum Gasteiger partial charge on any atom is -0.394 e. The van der Waals surface area contributed by atoms with Gasteiger partial charge in [0, 0.05) is 13.0 Å². The van der Waals surface area contributed by atoms with E-state index in [1.165, 1.54) is 0 Å². The first kappa shape index (κ1) is 10.5. The summed E-state index contributed by atoms with van der Waals surface area (Å²) in [6.07, 6.45) is 2.53. The van der Waals surface area contributed by atoms with Crippen LogP contribution in [0.25, 0.3) is 0 Å². The molecule has 1 heterocycles. The van der Waals surface area contributed by atoms with Crippen LogP contribution in [0.2, 0.25) is 0 Å². The molecule has 3 heteroatoms. The van der Waals surface area contributed by atoms with Gasteiger partial charge in [0.1, 0.15) is 0 Å². The largest absolute Gasteiger partial charge is 0.394 e. The highest BCUT2D eigenvalue weighted by molar-refractivity contribution is 5.76. The quantitative estimate of drug-likeness (QED) is 0.713. The summed E-state index contributed by atoms with van der Waals surface area (Å²) < 4.78 is 0. The number of carbonyl (C=O) groups excluding carboxylic acids is 1. The smallest absolute Gasteiger partial charge is 0.222 e. The van der Waals surface area contributed by atoms with E-state index in [0.29, 0.717) is 12.3 Å². The Morgan fingerprint density at radius 2 is 2.31 bits per heavy atom. The average molecular weight is 185 g/mol. The molecule has 2 atom stereocenters. The number of nitrogens with zero attached hydrogens (tertiary/aromatic N) is 1. The van der Waals surface area contributed by atoms with Crippen LogP contribution in [0.4, 0.5) is 0 Å². The molecule has 1 N–H and O–H groups in total. The van der Waals surface area contributed by atoms with E-state index < -0.39 is 0 Å². The van der Waals surface area contributed by atoms with Gasteiger partial charge in [0.2, 0.25) is 5.91 Å². The molecule has 1 rings (SSSR count). The zero-order valence-electron chi connectivity index (χ0n) is 8.49. The zero-order chi connectivity index (χ0) is 9.84. The van der Waals surface area contributed by atoms with Gasteiger partial charge in [-0.1, -0.05) is 13.8 Å². The third-order valence-corrected chi connectivity index (χ3v) is 2.85. The molecule has 0 aromatic rings. The molecule has 1 aliphatic rings. The third kappa shape index (κ3) is 2.21. The van der Waals surface area contributed by atoms with E-state index in [1.807, 2.05) is 11.8 Å². The Balaban J connectivity index is 2.54. The van der Waals surface area contributed by atoms with Gasteiger partial charge in [-0.3, -0.25) is 4.79 Å². The Kier molecular flexibility index (Phi) is 3.72. The fraction of sp³-hybridized carbons (Fsp3) is 0.900. The first-order valence-electron chi connectivity index (χ1n) is 5.11. The summed E-state index contributed by atoms with van der Waals surface area (Å²) >= 11 is 0. The van der Waals surface area contributed by atoms with E-state index in [0.717, 1.165) is 19.4 Å². The van der Waals surface area contributed by atoms with Crippen molar-refractivity contribution < 1.29 is 9.90 Å². The van der Waals surface area contributed by atoms with Crippen LogP contribution in [0.15, 0.2) is 0 Å². The van der Waals surface area contributed by atoms with Gasteiger partial charge in [-0.25, -0.2) is 0 Å². The molecule has 76 valence electrons. The van der Waals surface area contributed by atoms with E-state index >= 15 is 0 Å². The highest BCUT2D eigenvalue weighted by Gasteiger charge is 2.32. The maximum absolute atomic E-state index is 11.6. The van der Waals surface area contributed by atoms with Gasteiger partial charge in [-0.2, -0.15) is 0 Å². The van der Waals surface area contributed by atoms with Crippen LogP contribution < -0.4 is 0 Å². The molecule has 0 aromatic carbocycles. The predicted molar refractivity (Wildman–Crippen MR) is 51.3 cm³/mol. The molecule has 1 saturated heterocycles. The van der Waals surface area contributed by atoms with Crippen LogP contribution in [0.5, 0.6) is 0 Å². The molecule has 2 unspecified atom stereocenters. The summed E-state index contributed by atoms with van der Waals surface area (Å²) in [5.41, 5.74) is 0. The minimum absolute atomic E-state index is 0.0686. The lowest BCUT2D eigenvalue weighted by Gasteiger charge is -2.25. The molecule has 0 aliphatic carbocycles. The molecular formula is C10H19NO2. The number of amides is 1. The summed E-state index contributed by atoms with van der Waals surface area (Å²) in [5, 5.41) is 9.13. The summed E-state index contributed by atoms with van der Waals surface area (Å²) in [4.78, 5) is 13.4. The molecule has 1 fully saturated rings. The van der Waals surface area contributed by atoms with Gasteiger partial charge < -0.3 is 10.0 Å². The summed E-state index contributed by atoms with van der Waals surface area (Å²) in [6, 6.07) is 0.0686. The van der Waals surface area contributed by atoms with Crippen LogP contribution in [-0.2, 0) is 4.79 Å². The fourth-order valence-corrected chi connectivity index (χ4v) is 1.95. The Hall–Kier alpha value is -0.570. The van der Waals surface area contributed by atoms with Gasteiger partial charge in [0.05, 0.1) is 12.6 Å². The lowest BCUT2D eigenvalue weighted by Crippen LogP contribution is -2.39. The van der Waals surface area contributed by atoms with Crippen molar-refractivity contribution in [3.63, 3.8) is 0 Å². The Morgan fingerprint density at radius 3 is 2.85 bits per heavy atom. The highest BCUT2D eigenvalue weighted by Crippen LogP contribution is 2.24. The van der Waals surface area contributed by atoms with Crippen molar-refractivity contribution >= 4 is 5.91 Å². The first-order chi connectivity index (χ1) is 6.20. The number of carbonyl (C=O) groups is 1. The van der Waals surface area contributed by atoms with Crippen molar-refractivity contribution in [2.24, 2.45) is 5.92 Å². The predicted octanol–water partition coefficient (Wildman–Crippen LogP) is 1.02. The van der Waals surface area contributed by atoms with E-state index in [1.54, 1.807) is 0 Å². The monoisotopic (exact) mass is 185 g/mol. The summed E-state index contributed by atoms with van der Waals surface area (Å²) in [6.45, 7) is 5.04. The molecule has 1 amide bonds. The molecule has 13 heavy (non-hydrogen) atoms. The fourth-order valence-electron chi connectivity index (χ4n) is 1.95. The van der Waals surface area contributed by atoms with Gasteiger partial charge >= 0.3 is 0 Å². The second-order valence-corrected chi connectivity index (χ2v) is 3.85. The maximum Gasteiger partial charge on any atom is 0.222 e. The second kappa shape index (κ2) is 4.61. The van der Waals surface area contributed by atoms with Crippen LogP contribution in [0.3, 0.4) is 0 Å². The average Bonchev–Trinajstić information content (AvgIpc) is 2.47. The summed E-state index contributed by atoms with van der Waals surface area (Å²) in [7, 11) is 0. The third-order valence-electron chi connectivity index (χ3n) is 2.85. The highest BCUT2D eigenvalue weighted by atomic mass is 16.3. The van der Waals surface area contributed by atoms with Gasteiger partial charge in [-0.15, -0.1) is 0 Å². The van der Waals surface area contributed by atoms with Crippen LogP contribution in [0, 0.1) is 5.92 Å². The first-order valence-corrected chi connectivity index (χ1v) is 5.11. The molecule has 0 radical (unpaired) electrons. The molecular weight excluding hydrogens is 166 g/mol.